The topological polar surface area (TPSA) is 77.5 Å². The van der Waals surface area contributed by atoms with E-state index in [0.29, 0.717) is 12.1 Å². The summed E-state index contributed by atoms with van der Waals surface area (Å²) in [6, 6.07) is 11.9. The number of aromatic nitrogens is 1. The van der Waals surface area contributed by atoms with E-state index in [1.807, 2.05) is 0 Å². The molecule has 1 aromatic carbocycles. The molecule has 2 heterocycles. The van der Waals surface area contributed by atoms with Crippen molar-refractivity contribution in [2.24, 2.45) is 5.92 Å². The van der Waals surface area contributed by atoms with E-state index in [9.17, 15) is 9.90 Å². The number of hydrogen-bond donors (Lipinski definition) is 3. The van der Waals surface area contributed by atoms with Crippen molar-refractivity contribution in [2.75, 3.05) is 31.5 Å². The Morgan fingerprint density at radius 2 is 2.07 bits per heavy atom. The summed E-state index contributed by atoms with van der Waals surface area (Å²) in [7, 11) is 0. The van der Waals surface area contributed by atoms with Gasteiger partial charge in [0.15, 0.2) is 0 Å². The zero-order valence-electron chi connectivity index (χ0n) is 16.1. The van der Waals surface area contributed by atoms with Gasteiger partial charge in [0.05, 0.1) is 6.10 Å². The normalized spacial score (nSPS) is 17.6. The molecule has 3 N–H and O–H groups in total. The lowest BCUT2D eigenvalue weighted by atomic mass is 10.00. The maximum atomic E-state index is 12.4. The number of nitrogens with zero attached hydrogens (tertiary/aromatic N) is 2. The Labute approximate surface area is 166 Å². The van der Waals surface area contributed by atoms with E-state index in [4.69, 9.17) is 0 Å². The Bertz CT molecular complexity index is 822. The average molecular weight is 380 g/mol. The quantitative estimate of drug-likeness (QED) is 0.653. The van der Waals surface area contributed by atoms with Crippen LogP contribution in [0.4, 0.5) is 5.82 Å². The van der Waals surface area contributed by atoms with Gasteiger partial charge in [0, 0.05) is 44.5 Å². The molecule has 4 rings (SSSR count). The average Bonchev–Trinajstić information content (AvgIpc) is 3.55. The summed E-state index contributed by atoms with van der Waals surface area (Å²) in [6.07, 6.45) is 4.60. The van der Waals surface area contributed by atoms with Gasteiger partial charge in [-0.05, 0) is 48.4 Å². The van der Waals surface area contributed by atoms with E-state index >= 15 is 0 Å². The van der Waals surface area contributed by atoms with Crippen LogP contribution in [0.2, 0.25) is 0 Å². The van der Waals surface area contributed by atoms with Gasteiger partial charge in [0.2, 0.25) is 0 Å². The summed E-state index contributed by atoms with van der Waals surface area (Å²) in [5.74, 6) is 1.29. The standard InChI is InChI=1S/C22H28N4O2/c27-20(15-26-10-8-17-3-1-2-4-19(17)14-26)13-25-22(28)18-7-9-23-21(11-18)24-12-16-5-6-16/h1-4,7,9,11,16,20,27H,5-6,8,10,12-15H2,(H,23,24)(H,25,28)/t20-/m0/s1. The first-order valence-electron chi connectivity index (χ1n) is 10.1. The zero-order valence-corrected chi connectivity index (χ0v) is 16.1. The van der Waals surface area contributed by atoms with E-state index in [1.54, 1.807) is 18.3 Å². The molecule has 28 heavy (non-hydrogen) atoms. The van der Waals surface area contributed by atoms with Gasteiger partial charge in [-0.15, -0.1) is 0 Å². The number of fused-ring (bicyclic) bond motifs is 1. The van der Waals surface area contributed by atoms with Crippen molar-refractivity contribution in [1.82, 2.24) is 15.2 Å². The highest BCUT2D eigenvalue weighted by atomic mass is 16.3. The molecule has 2 aliphatic rings. The zero-order chi connectivity index (χ0) is 19.3. The van der Waals surface area contributed by atoms with Gasteiger partial charge in [0.1, 0.15) is 5.82 Å². The van der Waals surface area contributed by atoms with E-state index in [1.165, 1.54) is 24.0 Å². The number of amides is 1. The van der Waals surface area contributed by atoms with Crippen LogP contribution < -0.4 is 10.6 Å². The molecule has 0 bridgehead atoms. The lowest BCUT2D eigenvalue weighted by Gasteiger charge is -2.30. The molecule has 1 aromatic heterocycles. The molecular formula is C22H28N4O2. The lowest BCUT2D eigenvalue weighted by molar-refractivity contribution is 0.0842. The van der Waals surface area contributed by atoms with E-state index < -0.39 is 6.10 Å². The molecule has 1 aliphatic heterocycles. The molecule has 1 saturated carbocycles. The summed E-state index contributed by atoms with van der Waals surface area (Å²) >= 11 is 0. The van der Waals surface area contributed by atoms with Crippen LogP contribution in [0.1, 0.15) is 34.3 Å². The first-order valence-corrected chi connectivity index (χ1v) is 10.1. The van der Waals surface area contributed by atoms with Crippen LogP contribution in [-0.2, 0) is 13.0 Å². The van der Waals surface area contributed by atoms with Crippen LogP contribution >= 0.6 is 0 Å². The van der Waals surface area contributed by atoms with Gasteiger partial charge in [-0.3, -0.25) is 9.69 Å². The molecule has 1 aliphatic carbocycles. The Kier molecular flexibility index (Phi) is 5.88. The maximum absolute atomic E-state index is 12.4. The van der Waals surface area contributed by atoms with Crippen LogP contribution in [0.3, 0.4) is 0 Å². The predicted molar refractivity (Wildman–Crippen MR) is 109 cm³/mol. The summed E-state index contributed by atoms with van der Waals surface area (Å²) in [5.41, 5.74) is 3.28. The highest BCUT2D eigenvalue weighted by molar-refractivity contribution is 5.94. The van der Waals surface area contributed by atoms with E-state index in [0.717, 1.165) is 37.8 Å². The van der Waals surface area contributed by atoms with Crippen molar-refractivity contribution in [3.8, 4) is 0 Å². The van der Waals surface area contributed by atoms with Gasteiger partial charge in [0.25, 0.3) is 5.91 Å². The molecular weight excluding hydrogens is 352 g/mol. The molecule has 0 radical (unpaired) electrons. The Morgan fingerprint density at radius 3 is 2.89 bits per heavy atom. The molecule has 6 nitrogen and oxygen atoms in total. The number of aliphatic hydroxyl groups is 1. The number of benzene rings is 1. The van der Waals surface area contributed by atoms with Crippen LogP contribution in [0.15, 0.2) is 42.6 Å². The highest BCUT2D eigenvalue weighted by Gasteiger charge is 2.21. The Hall–Kier alpha value is -2.44. The number of pyridine rings is 1. The maximum Gasteiger partial charge on any atom is 0.251 e. The fourth-order valence-corrected chi connectivity index (χ4v) is 3.62. The fraction of sp³-hybridized carbons (Fsp3) is 0.455. The second-order valence-electron chi connectivity index (χ2n) is 7.87. The van der Waals surface area contributed by atoms with Gasteiger partial charge in [-0.2, -0.15) is 0 Å². The molecule has 0 unspecified atom stereocenters. The molecule has 148 valence electrons. The van der Waals surface area contributed by atoms with Crippen LogP contribution in [-0.4, -0.2) is 53.2 Å². The first-order chi connectivity index (χ1) is 13.7. The fourth-order valence-electron chi connectivity index (χ4n) is 3.62. The highest BCUT2D eigenvalue weighted by Crippen LogP contribution is 2.28. The molecule has 1 fully saturated rings. The number of rotatable bonds is 8. The minimum absolute atomic E-state index is 0.181. The summed E-state index contributed by atoms with van der Waals surface area (Å²) in [6.45, 7) is 3.49. The summed E-state index contributed by atoms with van der Waals surface area (Å²) in [5, 5.41) is 16.5. The number of carbonyl (C=O) groups excluding carboxylic acids is 1. The second-order valence-corrected chi connectivity index (χ2v) is 7.87. The van der Waals surface area contributed by atoms with E-state index in [2.05, 4.69) is 44.8 Å². The second kappa shape index (κ2) is 8.71. The van der Waals surface area contributed by atoms with Crippen LogP contribution in [0.25, 0.3) is 0 Å². The van der Waals surface area contributed by atoms with Crippen molar-refractivity contribution in [1.29, 1.82) is 0 Å². The minimum atomic E-state index is -0.594. The van der Waals surface area contributed by atoms with Crippen molar-refractivity contribution in [3.63, 3.8) is 0 Å². The molecule has 1 amide bonds. The molecule has 6 heteroatoms. The van der Waals surface area contributed by atoms with E-state index in [-0.39, 0.29) is 12.5 Å². The monoisotopic (exact) mass is 380 g/mol. The minimum Gasteiger partial charge on any atom is -0.390 e. The number of carbonyl (C=O) groups is 1. The number of hydrogen-bond acceptors (Lipinski definition) is 5. The summed E-state index contributed by atoms with van der Waals surface area (Å²) < 4.78 is 0. The first kappa shape index (κ1) is 18.9. The Morgan fingerprint density at radius 1 is 1.25 bits per heavy atom. The molecule has 2 aromatic rings. The third kappa shape index (κ3) is 5.09. The van der Waals surface area contributed by atoms with Crippen molar-refractivity contribution in [2.45, 2.75) is 31.9 Å². The third-order valence-electron chi connectivity index (χ3n) is 5.47. The third-order valence-corrected chi connectivity index (χ3v) is 5.47. The van der Waals surface area contributed by atoms with Gasteiger partial charge in [-0.25, -0.2) is 4.98 Å². The van der Waals surface area contributed by atoms with Gasteiger partial charge in [-0.1, -0.05) is 24.3 Å². The van der Waals surface area contributed by atoms with Crippen molar-refractivity contribution < 1.29 is 9.90 Å². The number of aliphatic hydroxyl groups excluding tert-OH is 1. The SMILES string of the molecule is O=C(NC[C@H](O)CN1CCc2ccccc2C1)c1ccnc(NCC2CC2)c1. The summed E-state index contributed by atoms with van der Waals surface area (Å²) in [4.78, 5) is 18.9. The van der Waals surface area contributed by atoms with Crippen molar-refractivity contribution >= 4 is 11.7 Å². The molecule has 0 spiro atoms. The van der Waals surface area contributed by atoms with Crippen LogP contribution in [0.5, 0.6) is 0 Å². The largest absolute Gasteiger partial charge is 0.390 e. The lowest BCUT2D eigenvalue weighted by Crippen LogP contribution is -2.42. The van der Waals surface area contributed by atoms with Gasteiger partial charge >= 0.3 is 0 Å². The number of anilines is 1. The number of β-amino-alcohol motifs (C(OH)–C–C–N with tert-alkyl or cyclic N) is 1. The Balaban J connectivity index is 1.23. The smallest absolute Gasteiger partial charge is 0.251 e. The molecule has 1 atom stereocenters. The van der Waals surface area contributed by atoms with Gasteiger partial charge < -0.3 is 15.7 Å². The number of nitrogens with one attached hydrogen (secondary N) is 2. The molecule has 0 saturated heterocycles. The van der Waals surface area contributed by atoms with Crippen molar-refractivity contribution in [3.05, 3.63) is 59.3 Å². The van der Waals surface area contributed by atoms with Crippen LogP contribution in [0, 0.1) is 5.92 Å². The predicted octanol–water partition coefficient (Wildman–Crippen LogP) is 2.05.